The van der Waals surface area contributed by atoms with Crippen LogP contribution in [0.15, 0.2) is 52.0 Å². The number of aliphatic hydroxyl groups is 1. The molecule has 0 bridgehead atoms. The van der Waals surface area contributed by atoms with Gasteiger partial charge in [-0.3, -0.25) is 15.1 Å². The van der Waals surface area contributed by atoms with E-state index >= 15 is 0 Å². The Balaban J connectivity index is 1.47. The molecule has 3 atom stereocenters. The molecular weight excluding hydrogens is 590 g/mol. The highest BCUT2D eigenvalue weighted by molar-refractivity contribution is 6.47. The molecule has 2 aromatic rings. The summed E-state index contributed by atoms with van der Waals surface area (Å²) in [4.78, 5) is 22.1. The number of benzene rings is 1. The molecule has 10 nitrogen and oxygen atoms in total. The van der Waals surface area contributed by atoms with Crippen LogP contribution in [0, 0.1) is 11.3 Å². The van der Waals surface area contributed by atoms with Crippen LogP contribution in [0.4, 0.5) is 0 Å². The second kappa shape index (κ2) is 14.2. The molecule has 1 spiro atoms. The Morgan fingerprint density at radius 1 is 1.18 bits per heavy atom. The second-order valence-corrected chi connectivity index (χ2v) is 14.2. The monoisotopic (exact) mass is 637 g/mol. The number of nitrogens with one attached hydrogen (secondary N) is 2. The van der Waals surface area contributed by atoms with Crippen molar-refractivity contribution in [3.63, 3.8) is 0 Å². The van der Waals surface area contributed by atoms with E-state index in [9.17, 15) is 9.90 Å². The van der Waals surface area contributed by atoms with Crippen molar-refractivity contribution >= 4 is 23.2 Å². The molecule has 1 aromatic heterocycles. The van der Waals surface area contributed by atoms with Gasteiger partial charge in [0.15, 0.2) is 5.82 Å². The molecule has 2 heterocycles. The molecule has 0 saturated heterocycles. The minimum absolute atomic E-state index is 0.0240. The highest BCUT2D eigenvalue weighted by Gasteiger charge is 2.53. The van der Waals surface area contributed by atoms with Crippen molar-refractivity contribution in [2.45, 2.75) is 116 Å². The van der Waals surface area contributed by atoms with Gasteiger partial charge < -0.3 is 14.7 Å². The fraction of sp³-hybridized carbons (Fsp3) is 0.618. The zero-order valence-electron chi connectivity index (χ0n) is 27.2. The summed E-state index contributed by atoms with van der Waals surface area (Å²) in [6.45, 7) is 9.42. The maximum atomic E-state index is 14.7. The lowest BCUT2D eigenvalue weighted by Gasteiger charge is -2.47. The molecule has 1 aliphatic heterocycles. The molecule has 45 heavy (non-hydrogen) atoms. The Kier molecular flexibility index (Phi) is 10.6. The summed E-state index contributed by atoms with van der Waals surface area (Å²) in [5, 5.41) is 28.2. The van der Waals surface area contributed by atoms with E-state index in [1.54, 1.807) is 7.11 Å². The number of halogens is 1. The zero-order valence-corrected chi connectivity index (χ0v) is 28.0. The van der Waals surface area contributed by atoms with Crippen molar-refractivity contribution in [1.82, 2.24) is 30.8 Å². The molecule has 3 unspecified atom stereocenters. The van der Waals surface area contributed by atoms with Gasteiger partial charge in [-0.05, 0) is 72.3 Å². The predicted octanol–water partition coefficient (Wildman–Crippen LogP) is 6.29. The molecular formula is C34H48ClN7O3. The van der Waals surface area contributed by atoms with Crippen LogP contribution in [-0.4, -0.2) is 61.1 Å². The van der Waals surface area contributed by atoms with Crippen molar-refractivity contribution in [3.05, 3.63) is 64.0 Å². The lowest BCUT2D eigenvalue weighted by Crippen LogP contribution is -2.51. The van der Waals surface area contributed by atoms with Gasteiger partial charge in [-0.1, -0.05) is 88.0 Å². The standard InChI is InChI=1S/C34H48ClN7O3/c1-6-7-8-9-28(22-10-12-23(13-11-22)31(43)36-21-29-38-40-41-39-29)42-32(44)30(24-18-26(35)20-27(19-24)45-5)37-34(42)16-14-25(15-17-34)33(2,3)4/h10-13,18,20,25,27-28,31,36,43H,6-9,14-17,19,21H2,1-5H3,(H,38,39,40,41). The number of aromatic nitrogens is 4. The molecule has 3 aliphatic rings. The number of nitrogens with zero attached hydrogens (tertiary/aromatic N) is 5. The molecule has 1 saturated carbocycles. The molecule has 1 fully saturated rings. The van der Waals surface area contributed by atoms with Crippen molar-refractivity contribution < 1.29 is 14.6 Å². The first-order valence-corrected chi connectivity index (χ1v) is 16.7. The number of hydrogen-bond acceptors (Lipinski definition) is 8. The zero-order chi connectivity index (χ0) is 32.2. The normalized spacial score (nSPS) is 25.3. The Morgan fingerprint density at radius 3 is 2.51 bits per heavy atom. The van der Waals surface area contributed by atoms with Gasteiger partial charge in [0.1, 0.15) is 17.6 Å². The number of carbonyl (C=O) groups excluding carboxylic acids is 1. The first-order chi connectivity index (χ1) is 21.5. The quantitative estimate of drug-likeness (QED) is 0.184. The molecule has 3 N–H and O–H groups in total. The van der Waals surface area contributed by atoms with E-state index < -0.39 is 11.9 Å². The lowest BCUT2D eigenvalue weighted by molar-refractivity contribution is -0.133. The Labute approximate surface area is 271 Å². The van der Waals surface area contributed by atoms with Crippen LogP contribution in [-0.2, 0) is 16.1 Å². The van der Waals surface area contributed by atoms with Gasteiger partial charge in [-0.2, -0.15) is 5.21 Å². The van der Waals surface area contributed by atoms with Gasteiger partial charge in [-0.15, -0.1) is 10.2 Å². The van der Waals surface area contributed by atoms with E-state index in [4.69, 9.17) is 21.3 Å². The Morgan fingerprint density at radius 2 is 1.89 bits per heavy atom. The van der Waals surface area contributed by atoms with E-state index in [2.05, 4.69) is 58.5 Å². The smallest absolute Gasteiger partial charge is 0.274 e. The molecule has 5 rings (SSSR count). The summed E-state index contributed by atoms with van der Waals surface area (Å²) in [6.07, 6.45) is 11.0. The number of methoxy groups -OCH3 is 1. The van der Waals surface area contributed by atoms with Crippen LogP contribution < -0.4 is 5.32 Å². The van der Waals surface area contributed by atoms with Crippen LogP contribution >= 0.6 is 11.6 Å². The van der Waals surface area contributed by atoms with E-state index in [1.165, 1.54) is 0 Å². The number of hydrogen-bond donors (Lipinski definition) is 3. The summed E-state index contributed by atoms with van der Waals surface area (Å²) in [7, 11) is 1.67. The number of aromatic amines is 1. The van der Waals surface area contributed by atoms with Crippen molar-refractivity contribution in [2.75, 3.05) is 7.11 Å². The number of carbonyl (C=O) groups is 1. The molecule has 0 radical (unpaired) electrons. The van der Waals surface area contributed by atoms with Gasteiger partial charge in [0.2, 0.25) is 0 Å². The first kappa shape index (κ1) is 33.4. The van der Waals surface area contributed by atoms with Gasteiger partial charge >= 0.3 is 0 Å². The Hall–Kier alpha value is -2.92. The van der Waals surface area contributed by atoms with Crippen LogP contribution in [0.25, 0.3) is 0 Å². The number of ether oxygens (including phenoxy) is 1. The number of unbranched alkanes of at least 4 members (excludes halogenated alkanes) is 2. The first-order valence-electron chi connectivity index (χ1n) is 16.3. The largest absolute Gasteiger partial charge is 0.377 e. The number of tetrazole rings is 1. The van der Waals surface area contributed by atoms with E-state index in [0.717, 1.165) is 68.1 Å². The van der Waals surface area contributed by atoms with Crippen molar-refractivity contribution in [2.24, 2.45) is 16.3 Å². The minimum Gasteiger partial charge on any atom is -0.377 e. The van der Waals surface area contributed by atoms with Crippen LogP contribution in [0.2, 0.25) is 0 Å². The van der Waals surface area contributed by atoms with Crippen LogP contribution in [0.5, 0.6) is 0 Å². The molecule has 1 amide bonds. The maximum Gasteiger partial charge on any atom is 0.274 e. The fourth-order valence-electron chi connectivity index (χ4n) is 7.09. The maximum absolute atomic E-state index is 14.7. The number of allylic oxidation sites excluding steroid dienone is 2. The van der Waals surface area contributed by atoms with Crippen LogP contribution in [0.1, 0.15) is 115 Å². The molecule has 2 aliphatic carbocycles. The average Bonchev–Trinajstić information content (AvgIpc) is 3.64. The number of H-pyrrole nitrogens is 1. The van der Waals surface area contributed by atoms with Crippen molar-refractivity contribution in [1.29, 1.82) is 0 Å². The van der Waals surface area contributed by atoms with Crippen LogP contribution in [0.3, 0.4) is 0 Å². The number of aliphatic imine (C=N–C) groups is 1. The summed E-state index contributed by atoms with van der Waals surface area (Å²) in [6, 6.07) is 7.80. The van der Waals surface area contributed by atoms with Gasteiger partial charge in [-0.25, -0.2) is 0 Å². The second-order valence-electron chi connectivity index (χ2n) is 13.7. The summed E-state index contributed by atoms with van der Waals surface area (Å²) < 4.78 is 5.63. The van der Waals surface area contributed by atoms with Gasteiger partial charge in [0.25, 0.3) is 5.91 Å². The number of amides is 1. The highest BCUT2D eigenvalue weighted by atomic mass is 35.5. The fourth-order valence-corrected chi connectivity index (χ4v) is 7.36. The summed E-state index contributed by atoms with van der Waals surface area (Å²) in [5.41, 5.74) is 2.74. The Bertz CT molecular complexity index is 1390. The molecule has 244 valence electrons. The highest BCUT2D eigenvalue weighted by Crippen LogP contribution is 2.50. The van der Waals surface area contributed by atoms with Crippen molar-refractivity contribution in [3.8, 4) is 0 Å². The number of rotatable bonds is 12. The lowest BCUT2D eigenvalue weighted by atomic mass is 9.69. The van der Waals surface area contributed by atoms with E-state index in [-0.39, 0.29) is 30.0 Å². The number of aliphatic hydroxyl groups excluding tert-OH is 1. The topological polar surface area (TPSA) is 129 Å². The summed E-state index contributed by atoms with van der Waals surface area (Å²) in [5.74, 6) is 1.02. The summed E-state index contributed by atoms with van der Waals surface area (Å²) >= 11 is 6.52. The van der Waals surface area contributed by atoms with Gasteiger partial charge in [0.05, 0.1) is 18.7 Å². The minimum atomic E-state index is -0.900. The third-order valence-electron chi connectivity index (χ3n) is 9.76. The third kappa shape index (κ3) is 7.56. The molecule has 1 aromatic carbocycles. The SMILES string of the molecule is CCCCCC(c1ccc(C(O)NCc2nn[nH]n2)cc1)N1C(=O)C(C2=CC(Cl)=CC(OC)C2)=NC12CCC(C(C)(C)C)CC2. The molecule has 11 heteroatoms. The predicted molar refractivity (Wildman–Crippen MR) is 175 cm³/mol. The average molecular weight is 638 g/mol. The van der Waals surface area contributed by atoms with E-state index in [1.807, 2.05) is 36.4 Å². The van der Waals surface area contributed by atoms with Gasteiger partial charge in [0, 0.05) is 18.6 Å². The third-order valence-corrected chi connectivity index (χ3v) is 9.99. The van der Waals surface area contributed by atoms with E-state index in [0.29, 0.717) is 28.9 Å².